The Bertz CT molecular complexity index is 1270. The molecular formula is C28H29N3O4. The number of fused-ring (bicyclic) bond motifs is 1. The normalized spacial score (nSPS) is 16.9. The quantitative estimate of drug-likeness (QED) is 0.449. The van der Waals surface area contributed by atoms with Crippen molar-refractivity contribution < 1.29 is 19.5 Å². The second-order valence-corrected chi connectivity index (χ2v) is 8.86. The lowest BCUT2D eigenvalue weighted by atomic mass is 9.88. The third-order valence-corrected chi connectivity index (χ3v) is 6.23. The molecule has 0 fully saturated rings. The summed E-state index contributed by atoms with van der Waals surface area (Å²) in [5.74, 6) is -0.462. The predicted molar refractivity (Wildman–Crippen MR) is 138 cm³/mol. The first-order valence-corrected chi connectivity index (χ1v) is 11.6. The van der Waals surface area contributed by atoms with Crippen molar-refractivity contribution >= 4 is 34.7 Å². The predicted octanol–water partition coefficient (Wildman–Crippen LogP) is 4.79. The van der Waals surface area contributed by atoms with Crippen molar-refractivity contribution in [2.24, 2.45) is 0 Å². The van der Waals surface area contributed by atoms with Crippen LogP contribution in [0.4, 0.5) is 17.1 Å². The van der Waals surface area contributed by atoms with E-state index in [2.05, 4.69) is 16.7 Å². The first-order chi connectivity index (χ1) is 16.8. The summed E-state index contributed by atoms with van der Waals surface area (Å²) in [6, 6.07) is 20.7. The van der Waals surface area contributed by atoms with E-state index >= 15 is 0 Å². The van der Waals surface area contributed by atoms with Crippen LogP contribution in [0.25, 0.3) is 11.1 Å². The van der Waals surface area contributed by atoms with Crippen molar-refractivity contribution in [1.29, 1.82) is 0 Å². The molecule has 0 bridgehead atoms. The maximum atomic E-state index is 12.5. The Morgan fingerprint density at radius 1 is 0.943 bits per heavy atom. The van der Waals surface area contributed by atoms with Gasteiger partial charge in [-0.05, 0) is 78.6 Å². The zero-order chi connectivity index (χ0) is 25.1. The average Bonchev–Trinajstić information content (AvgIpc) is 2.83. The van der Waals surface area contributed by atoms with Gasteiger partial charge in [0, 0.05) is 42.5 Å². The van der Waals surface area contributed by atoms with Gasteiger partial charge in [-0.25, -0.2) is 0 Å². The van der Waals surface area contributed by atoms with Crippen molar-refractivity contribution in [2.45, 2.75) is 39.3 Å². The van der Waals surface area contributed by atoms with Gasteiger partial charge >= 0.3 is 0 Å². The van der Waals surface area contributed by atoms with Crippen molar-refractivity contribution in [3.63, 3.8) is 0 Å². The van der Waals surface area contributed by atoms with Crippen LogP contribution in [0.1, 0.15) is 49.2 Å². The molecule has 3 aromatic carbocycles. The molecule has 0 saturated carbocycles. The van der Waals surface area contributed by atoms with Gasteiger partial charge in [0.1, 0.15) is 6.61 Å². The van der Waals surface area contributed by atoms with Crippen LogP contribution >= 0.6 is 0 Å². The van der Waals surface area contributed by atoms with Crippen LogP contribution in [0, 0.1) is 0 Å². The van der Waals surface area contributed by atoms with Crippen molar-refractivity contribution in [3.05, 3.63) is 77.9 Å². The molecule has 2 amide bonds. The molecule has 2 atom stereocenters. The van der Waals surface area contributed by atoms with Crippen LogP contribution in [0.5, 0.6) is 0 Å². The second-order valence-electron chi connectivity index (χ2n) is 8.86. The summed E-state index contributed by atoms with van der Waals surface area (Å²) >= 11 is 0. The van der Waals surface area contributed by atoms with E-state index in [1.54, 1.807) is 19.1 Å². The molecule has 1 aliphatic rings. The van der Waals surface area contributed by atoms with Crippen LogP contribution in [-0.4, -0.2) is 35.4 Å². The van der Waals surface area contributed by atoms with Gasteiger partial charge in [0.15, 0.2) is 5.78 Å². The Morgan fingerprint density at radius 3 is 2.31 bits per heavy atom. The zero-order valence-electron chi connectivity index (χ0n) is 20.0. The fraction of sp³-hybridized carbons (Fsp3) is 0.250. The van der Waals surface area contributed by atoms with Crippen LogP contribution < -0.4 is 15.5 Å². The molecule has 4 rings (SSSR count). The second kappa shape index (κ2) is 10.1. The number of nitrogens with one attached hydrogen (secondary N) is 2. The highest BCUT2D eigenvalue weighted by atomic mass is 16.3. The number of hydrogen-bond donors (Lipinski definition) is 3. The van der Waals surface area contributed by atoms with Crippen molar-refractivity contribution in [1.82, 2.24) is 0 Å². The van der Waals surface area contributed by atoms with Crippen molar-refractivity contribution in [2.75, 3.05) is 22.1 Å². The van der Waals surface area contributed by atoms with E-state index in [0.29, 0.717) is 12.0 Å². The first-order valence-electron chi connectivity index (χ1n) is 11.6. The lowest BCUT2D eigenvalue weighted by Gasteiger charge is -2.39. The molecule has 0 radical (unpaired) electrons. The Balaban J connectivity index is 1.71. The number of ketones is 1. The number of aliphatic hydroxyl groups is 1. The van der Waals surface area contributed by atoms with E-state index in [4.69, 9.17) is 5.11 Å². The van der Waals surface area contributed by atoms with Crippen LogP contribution in [0.15, 0.2) is 66.7 Å². The minimum absolute atomic E-state index is 0.00156. The molecule has 1 heterocycles. The monoisotopic (exact) mass is 471 g/mol. The minimum atomic E-state index is -0.521. The molecule has 1 aliphatic heterocycles. The molecule has 7 heteroatoms. The number of anilines is 3. The summed E-state index contributed by atoms with van der Waals surface area (Å²) < 4.78 is 0. The molecule has 7 nitrogen and oxygen atoms in total. The number of carbonyl (C=O) groups excluding carboxylic acids is 3. The zero-order valence-corrected chi connectivity index (χ0v) is 20.0. The molecule has 0 aromatic heterocycles. The molecule has 180 valence electrons. The Morgan fingerprint density at radius 2 is 1.66 bits per heavy atom. The number of Topliss-reactive ketones (excluding diaryl/α,β-unsaturated/α-hetero) is 1. The lowest BCUT2D eigenvalue weighted by molar-refractivity contribution is -0.117. The highest BCUT2D eigenvalue weighted by molar-refractivity contribution is 5.97. The number of carbonyl (C=O) groups is 3. The summed E-state index contributed by atoms with van der Waals surface area (Å²) in [5, 5.41) is 15.5. The summed E-state index contributed by atoms with van der Waals surface area (Å²) in [6.07, 6.45) is 0.708. The Hall–Kier alpha value is -3.97. The van der Waals surface area contributed by atoms with Crippen LogP contribution in [-0.2, 0) is 9.59 Å². The minimum Gasteiger partial charge on any atom is -0.388 e. The summed E-state index contributed by atoms with van der Waals surface area (Å²) in [7, 11) is 0. The Kier molecular flexibility index (Phi) is 6.98. The summed E-state index contributed by atoms with van der Waals surface area (Å²) in [5.41, 5.74) is 5.82. The fourth-order valence-electron chi connectivity index (χ4n) is 4.68. The standard InChI is InChI=1S/C28H29N3O4/c1-17-13-26(30-23-10-7-20(8-11-23)28(35)16-32)25-15-22(9-12-27(25)31(17)19(3)34)21-5-4-6-24(14-21)29-18(2)33/h4-12,14-15,17,26,30,32H,13,16H2,1-3H3,(H,29,33)/t17-,26+/m0/s1. The third kappa shape index (κ3) is 5.25. The molecule has 0 spiro atoms. The smallest absolute Gasteiger partial charge is 0.224 e. The molecule has 3 aromatic rings. The highest BCUT2D eigenvalue weighted by Gasteiger charge is 2.32. The van der Waals surface area contributed by atoms with E-state index in [-0.39, 0.29) is 29.7 Å². The summed E-state index contributed by atoms with van der Waals surface area (Å²) in [4.78, 5) is 37.5. The number of aliphatic hydroxyl groups excluding tert-OH is 1. The number of rotatable bonds is 6. The number of amides is 2. The van der Waals surface area contributed by atoms with E-state index in [1.165, 1.54) is 6.92 Å². The first kappa shape index (κ1) is 24.2. The van der Waals surface area contributed by atoms with Gasteiger partial charge in [-0.1, -0.05) is 18.2 Å². The van der Waals surface area contributed by atoms with E-state index in [1.807, 2.05) is 60.4 Å². The SMILES string of the molecule is CC(=O)Nc1cccc(-c2ccc3c(c2)[C@H](Nc2ccc(C(=O)CO)cc2)C[C@H](C)N3C(C)=O)c1. The largest absolute Gasteiger partial charge is 0.388 e. The number of nitrogens with zero attached hydrogens (tertiary/aromatic N) is 1. The van der Waals surface area contributed by atoms with Crippen LogP contribution in [0.2, 0.25) is 0 Å². The molecular weight excluding hydrogens is 442 g/mol. The van der Waals surface area contributed by atoms with Gasteiger partial charge in [-0.3, -0.25) is 14.4 Å². The van der Waals surface area contributed by atoms with Gasteiger partial charge < -0.3 is 20.6 Å². The van der Waals surface area contributed by atoms with Gasteiger partial charge in [-0.2, -0.15) is 0 Å². The molecule has 0 aliphatic carbocycles. The van der Waals surface area contributed by atoms with Crippen molar-refractivity contribution in [3.8, 4) is 11.1 Å². The van der Waals surface area contributed by atoms with Gasteiger partial charge in [0.2, 0.25) is 11.8 Å². The van der Waals surface area contributed by atoms with Gasteiger partial charge in [0.25, 0.3) is 0 Å². The number of benzene rings is 3. The lowest BCUT2D eigenvalue weighted by Crippen LogP contribution is -2.43. The maximum absolute atomic E-state index is 12.5. The summed E-state index contributed by atoms with van der Waals surface area (Å²) in [6.45, 7) is 4.57. The van der Waals surface area contributed by atoms with E-state index in [0.717, 1.165) is 33.8 Å². The van der Waals surface area contributed by atoms with E-state index < -0.39 is 6.61 Å². The van der Waals surface area contributed by atoms with Crippen LogP contribution in [0.3, 0.4) is 0 Å². The van der Waals surface area contributed by atoms with Gasteiger partial charge in [-0.15, -0.1) is 0 Å². The molecule has 0 saturated heterocycles. The fourth-order valence-corrected chi connectivity index (χ4v) is 4.68. The average molecular weight is 472 g/mol. The third-order valence-electron chi connectivity index (χ3n) is 6.23. The molecule has 3 N–H and O–H groups in total. The molecule has 0 unspecified atom stereocenters. The maximum Gasteiger partial charge on any atom is 0.224 e. The molecule has 35 heavy (non-hydrogen) atoms. The topological polar surface area (TPSA) is 98.7 Å². The number of hydrogen-bond acceptors (Lipinski definition) is 5. The Labute approximate surface area is 204 Å². The van der Waals surface area contributed by atoms with E-state index in [9.17, 15) is 14.4 Å². The van der Waals surface area contributed by atoms with Gasteiger partial charge in [0.05, 0.1) is 6.04 Å². The highest BCUT2D eigenvalue weighted by Crippen LogP contribution is 2.41.